The van der Waals surface area contributed by atoms with Gasteiger partial charge in [-0.1, -0.05) is 38.4 Å². The van der Waals surface area contributed by atoms with Gasteiger partial charge < -0.3 is 5.73 Å². The molecule has 14 heavy (non-hydrogen) atoms. The molecule has 2 N–H and O–H groups in total. The van der Waals surface area contributed by atoms with Gasteiger partial charge in [-0.2, -0.15) is 0 Å². The molecular formula is C12H18ClN. The summed E-state index contributed by atoms with van der Waals surface area (Å²) in [6.45, 7) is 7.18. The van der Waals surface area contributed by atoms with Crippen molar-refractivity contribution in [3.8, 4) is 0 Å². The Morgan fingerprint density at radius 3 is 2.36 bits per heavy atom. The zero-order valence-corrected chi connectivity index (χ0v) is 9.81. The summed E-state index contributed by atoms with van der Waals surface area (Å²) in [7, 11) is 0. The number of rotatable bonds is 3. The van der Waals surface area contributed by atoms with Crippen molar-refractivity contribution in [1.29, 1.82) is 0 Å². The van der Waals surface area contributed by atoms with E-state index >= 15 is 0 Å². The molecule has 0 aromatic heterocycles. The second-order valence-electron chi connectivity index (χ2n) is 4.06. The Morgan fingerprint density at radius 1 is 1.21 bits per heavy atom. The van der Waals surface area contributed by atoms with Crippen LogP contribution in [0.1, 0.15) is 43.7 Å². The van der Waals surface area contributed by atoms with Crippen LogP contribution < -0.4 is 5.73 Å². The summed E-state index contributed by atoms with van der Waals surface area (Å²) in [6, 6.07) is 6.09. The topological polar surface area (TPSA) is 26.0 Å². The van der Waals surface area contributed by atoms with Gasteiger partial charge in [0.25, 0.3) is 0 Å². The van der Waals surface area contributed by atoms with Crippen molar-refractivity contribution in [2.24, 2.45) is 5.73 Å². The molecular weight excluding hydrogens is 194 g/mol. The van der Waals surface area contributed by atoms with E-state index in [-0.39, 0.29) is 0 Å². The van der Waals surface area contributed by atoms with Crippen LogP contribution in [0.5, 0.6) is 0 Å². The van der Waals surface area contributed by atoms with E-state index < -0.39 is 0 Å². The summed E-state index contributed by atoms with van der Waals surface area (Å²) in [5, 5.41) is 0.796. The Labute approximate surface area is 91.3 Å². The van der Waals surface area contributed by atoms with E-state index in [1.807, 2.05) is 12.1 Å². The largest absolute Gasteiger partial charge is 0.330 e. The Balaban J connectivity index is 3.15. The predicted molar refractivity (Wildman–Crippen MR) is 63.0 cm³/mol. The summed E-state index contributed by atoms with van der Waals surface area (Å²) in [5.41, 5.74) is 8.32. The highest BCUT2D eigenvalue weighted by atomic mass is 35.5. The number of hydrogen-bond donors (Lipinski definition) is 1. The first-order chi connectivity index (χ1) is 6.56. The summed E-state index contributed by atoms with van der Waals surface area (Å²) in [6.07, 6.45) is 0. The Hall–Kier alpha value is -0.530. The highest BCUT2D eigenvalue weighted by molar-refractivity contribution is 6.30. The molecule has 0 aliphatic rings. The average Bonchev–Trinajstić information content (AvgIpc) is 2.16. The van der Waals surface area contributed by atoms with E-state index in [1.54, 1.807) is 0 Å². The molecule has 0 saturated heterocycles. The average molecular weight is 212 g/mol. The van der Waals surface area contributed by atoms with Crippen molar-refractivity contribution >= 4 is 11.6 Å². The maximum atomic E-state index is 5.98. The lowest BCUT2D eigenvalue weighted by Gasteiger charge is -2.17. The highest BCUT2D eigenvalue weighted by Gasteiger charge is 2.12. The maximum absolute atomic E-state index is 5.98. The molecule has 0 aliphatic carbocycles. The van der Waals surface area contributed by atoms with Gasteiger partial charge in [0, 0.05) is 5.02 Å². The molecule has 1 aromatic rings. The lowest BCUT2D eigenvalue weighted by molar-refractivity contribution is 0.739. The summed E-state index contributed by atoms with van der Waals surface area (Å²) in [5.74, 6) is 0.905. The molecule has 2 heteroatoms. The third-order valence-corrected chi connectivity index (χ3v) is 2.79. The smallest absolute Gasteiger partial charge is 0.0409 e. The summed E-state index contributed by atoms with van der Waals surface area (Å²) in [4.78, 5) is 0. The van der Waals surface area contributed by atoms with E-state index in [4.69, 9.17) is 17.3 Å². The lowest BCUT2D eigenvalue weighted by atomic mass is 9.90. The fourth-order valence-corrected chi connectivity index (χ4v) is 1.81. The van der Waals surface area contributed by atoms with E-state index in [9.17, 15) is 0 Å². The molecule has 1 nitrogen and oxygen atoms in total. The van der Waals surface area contributed by atoms with Crippen molar-refractivity contribution in [2.45, 2.75) is 32.6 Å². The van der Waals surface area contributed by atoms with Crippen LogP contribution in [0.3, 0.4) is 0 Å². The van der Waals surface area contributed by atoms with E-state index in [2.05, 4.69) is 26.8 Å². The van der Waals surface area contributed by atoms with E-state index in [0.29, 0.717) is 18.4 Å². The summed E-state index contributed by atoms with van der Waals surface area (Å²) < 4.78 is 0. The fraction of sp³-hybridized carbons (Fsp3) is 0.500. The normalized spacial score (nSPS) is 13.3. The molecule has 1 atom stereocenters. The quantitative estimate of drug-likeness (QED) is 0.814. The first-order valence-corrected chi connectivity index (χ1v) is 5.43. The number of nitrogens with two attached hydrogens (primary N) is 1. The zero-order valence-electron chi connectivity index (χ0n) is 9.05. The Morgan fingerprint density at radius 2 is 1.86 bits per heavy atom. The van der Waals surface area contributed by atoms with Crippen LogP contribution in [0.2, 0.25) is 5.02 Å². The van der Waals surface area contributed by atoms with Crippen molar-refractivity contribution in [3.05, 3.63) is 34.3 Å². The molecule has 1 rings (SSSR count). The molecule has 0 amide bonds. The van der Waals surface area contributed by atoms with Gasteiger partial charge in [-0.25, -0.2) is 0 Å². The predicted octanol–water partition coefficient (Wildman–Crippen LogP) is 3.53. The molecule has 0 spiro atoms. The van der Waals surface area contributed by atoms with Gasteiger partial charge >= 0.3 is 0 Å². The van der Waals surface area contributed by atoms with Crippen LogP contribution in [0.15, 0.2) is 18.2 Å². The lowest BCUT2D eigenvalue weighted by Crippen LogP contribution is -2.11. The van der Waals surface area contributed by atoms with Gasteiger partial charge in [-0.3, -0.25) is 0 Å². The number of halogens is 1. The zero-order chi connectivity index (χ0) is 10.7. The molecule has 0 heterocycles. The van der Waals surface area contributed by atoms with Crippen molar-refractivity contribution in [1.82, 2.24) is 0 Å². The first kappa shape index (κ1) is 11.5. The number of benzene rings is 1. The molecule has 78 valence electrons. The second-order valence-corrected chi connectivity index (χ2v) is 4.50. The second kappa shape index (κ2) is 4.81. The molecule has 0 saturated carbocycles. The number of hydrogen-bond acceptors (Lipinski definition) is 1. The van der Waals surface area contributed by atoms with Gasteiger partial charge in [0.15, 0.2) is 0 Å². The van der Waals surface area contributed by atoms with Gasteiger partial charge in [0.05, 0.1) is 0 Å². The van der Waals surface area contributed by atoms with Crippen LogP contribution in [-0.4, -0.2) is 6.54 Å². The van der Waals surface area contributed by atoms with Crippen LogP contribution in [0.4, 0.5) is 0 Å². The maximum Gasteiger partial charge on any atom is 0.0409 e. The molecule has 1 aromatic carbocycles. The van der Waals surface area contributed by atoms with Crippen LogP contribution in [0, 0.1) is 0 Å². The van der Waals surface area contributed by atoms with Gasteiger partial charge in [0.2, 0.25) is 0 Å². The fourth-order valence-electron chi connectivity index (χ4n) is 1.63. The van der Waals surface area contributed by atoms with Crippen LogP contribution in [-0.2, 0) is 0 Å². The van der Waals surface area contributed by atoms with Crippen LogP contribution >= 0.6 is 11.6 Å². The standard InChI is InChI=1S/C12H18ClN/c1-8(2)11-5-4-10(13)6-12(11)9(3)7-14/h4-6,8-9H,7,14H2,1-3H3. The molecule has 0 aliphatic heterocycles. The molecule has 1 unspecified atom stereocenters. The highest BCUT2D eigenvalue weighted by Crippen LogP contribution is 2.28. The van der Waals surface area contributed by atoms with Gasteiger partial charge in [0.1, 0.15) is 0 Å². The van der Waals surface area contributed by atoms with Crippen LogP contribution in [0.25, 0.3) is 0 Å². The van der Waals surface area contributed by atoms with Crippen molar-refractivity contribution in [2.75, 3.05) is 6.54 Å². The van der Waals surface area contributed by atoms with Crippen molar-refractivity contribution < 1.29 is 0 Å². The summed E-state index contributed by atoms with van der Waals surface area (Å²) >= 11 is 5.98. The minimum absolute atomic E-state index is 0.381. The minimum Gasteiger partial charge on any atom is -0.330 e. The van der Waals surface area contributed by atoms with Gasteiger partial charge in [-0.05, 0) is 41.6 Å². The minimum atomic E-state index is 0.381. The molecule has 0 fully saturated rings. The molecule has 0 radical (unpaired) electrons. The SMILES string of the molecule is CC(C)c1ccc(Cl)cc1C(C)CN. The third-order valence-electron chi connectivity index (χ3n) is 2.56. The monoisotopic (exact) mass is 211 g/mol. The molecule has 0 bridgehead atoms. The van der Waals surface area contributed by atoms with Gasteiger partial charge in [-0.15, -0.1) is 0 Å². The van der Waals surface area contributed by atoms with E-state index in [1.165, 1.54) is 11.1 Å². The Bertz CT molecular complexity index is 307. The third kappa shape index (κ3) is 2.49. The van der Waals surface area contributed by atoms with Crippen molar-refractivity contribution in [3.63, 3.8) is 0 Å². The first-order valence-electron chi connectivity index (χ1n) is 5.05. The Kier molecular flexibility index (Phi) is 3.97. The van der Waals surface area contributed by atoms with E-state index in [0.717, 1.165) is 5.02 Å².